The second kappa shape index (κ2) is 5.36. The van der Waals surface area contributed by atoms with Gasteiger partial charge in [-0.3, -0.25) is 4.79 Å². The molecule has 19 heavy (non-hydrogen) atoms. The minimum Gasteiger partial charge on any atom is -0.398 e. The summed E-state index contributed by atoms with van der Waals surface area (Å²) in [4.78, 5) is 12.0. The first-order valence-electron chi connectivity index (χ1n) is 5.50. The van der Waals surface area contributed by atoms with Gasteiger partial charge in [0.2, 0.25) is 0 Å². The number of carbonyl (C=O) groups excluding carboxylic acids is 1. The van der Waals surface area contributed by atoms with Crippen LogP contribution in [0.4, 0.5) is 14.5 Å². The van der Waals surface area contributed by atoms with Gasteiger partial charge in [0.15, 0.2) is 17.4 Å². The van der Waals surface area contributed by atoms with Gasteiger partial charge in [-0.1, -0.05) is 23.7 Å². The number of hydrogen-bond donors (Lipinski definition) is 1. The van der Waals surface area contributed by atoms with Gasteiger partial charge in [0.05, 0.1) is 10.7 Å². The normalized spacial score (nSPS) is 10.5. The van der Waals surface area contributed by atoms with E-state index in [0.717, 1.165) is 6.07 Å². The molecule has 2 rings (SSSR count). The second-order valence-electron chi connectivity index (χ2n) is 4.05. The van der Waals surface area contributed by atoms with Crippen LogP contribution in [-0.4, -0.2) is 5.78 Å². The quantitative estimate of drug-likeness (QED) is 0.690. The Balaban J connectivity index is 2.26. The highest BCUT2D eigenvalue weighted by atomic mass is 35.5. The Morgan fingerprint density at radius 2 is 1.95 bits per heavy atom. The van der Waals surface area contributed by atoms with Crippen molar-refractivity contribution < 1.29 is 13.6 Å². The van der Waals surface area contributed by atoms with Crippen molar-refractivity contribution in [1.29, 1.82) is 0 Å². The van der Waals surface area contributed by atoms with Crippen molar-refractivity contribution >= 4 is 23.1 Å². The van der Waals surface area contributed by atoms with Gasteiger partial charge >= 0.3 is 0 Å². The van der Waals surface area contributed by atoms with Crippen LogP contribution in [0.15, 0.2) is 36.4 Å². The summed E-state index contributed by atoms with van der Waals surface area (Å²) >= 11 is 5.81. The van der Waals surface area contributed by atoms with E-state index in [1.54, 1.807) is 0 Å². The molecule has 0 fully saturated rings. The number of nitrogen functional groups attached to an aromatic ring is 1. The topological polar surface area (TPSA) is 43.1 Å². The van der Waals surface area contributed by atoms with Crippen molar-refractivity contribution in [2.45, 2.75) is 6.42 Å². The van der Waals surface area contributed by atoms with Crippen LogP contribution in [0.3, 0.4) is 0 Å². The molecule has 5 heteroatoms. The lowest BCUT2D eigenvalue weighted by Gasteiger charge is -2.05. The largest absolute Gasteiger partial charge is 0.398 e. The van der Waals surface area contributed by atoms with E-state index in [1.807, 2.05) is 0 Å². The number of benzene rings is 2. The highest BCUT2D eigenvalue weighted by Gasteiger charge is 2.13. The van der Waals surface area contributed by atoms with Gasteiger partial charge in [-0.2, -0.15) is 0 Å². The summed E-state index contributed by atoms with van der Waals surface area (Å²) in [6.07, 6.45) is -0.232. The van der Waals surface area contributed by atoms with E-state index in [2.05, 4.69) is 0 Å². The maximum Gasteiger partial charge on any atom is 0.167 e. The molecule has 2 nitrogen and oxygen atoms in total. The highest BCUT2D eigenvalue weighted by Crippen LogP contribution is 2.21. The Morgan fingerprint density at radius 3 is 2.63 bits per heavy atom. The third-order valence-electron chi connectivity index (χ3n) is 2.71. The predicted octanol–water partition coefficient (Wildman–Crippen LogP) is 3.63. The van der Waals surface area contributed by atoms with E-state index in [9.17, 15) is 13.6 Å². The Labute approximate surface area is 113 Å². The van der Waals surface area contributed by atoms with Gasteiger partial charge in [-0.05, 0) is 29.8 Å². The molecule has 0 heterocycles. The van der Waals surface area contributed by atoms with Gasteiger partial charge in [-0.25, -0.2) is 8.78 Å². The molecule has 0 bridgehead atoms. The maximum atomic E-state index is 13.4. The van der Waals surface area contributed by atoms with Crippen LogP contribution in [0.2, 0.25) is 5.02 Å². The van der Waals surface area contributed by atoms with Crippen LogP contribution in [0.5, 0.6) is 0 Å². The molecule has 0 aliphatic heterocycles. The van der Waals surface area contributed by atoms with E-state index in [1.165, 1.54) is 30.3 Å². The summed E-state index contributed by atoms with van der Waals surface area (Å²) in [5.74, 6) is -2.33. The average molecular weight is 282 g/mol. The van der Waals surface area contributed by atoms with Crippen LogP contribution < -0.4 is 5.73 Å². The molecule has 0 radical (unpaired) electrons. The zero-order valence-electron chi connectivity index (χ0n) is 9.79. The fourth-order valence-corrected chi connectivity index (χ4v) is 1.84. The number of anilines is 1. The van der Waals surface area contributed by atoms with E-state index >= 15 is 0 Å². The van der Waals surface area contributed by atoms with Gasteiger partial charge < -0.3 is 5.73 Å². The van der Waals surface area contributed by atoms with Crippen molar-refractivity contribution in [3.8, 4) is 0 Å². The SMILES string of the molecule is Nc1ccc(C(=O)Cc2cccc(F)c2F)cc1Cl. The molecular weight excluding hydrogens is 272 g/mol. The van der Waals surface area contributed by atoms with Gasteiger partial charge in [-0.15, -0.1) is 0 Å². The third-order valence-corrected chi connectivity index (χ3v) is 3.03. The first-order valence-corrected chi connectivity index (χ1v) is 5.88. The number of Topliss-reactive ketones (excluding diaryl/α,β-unsaturated/α-hetero) is 1. The van der Waals surface area contributed by atoms with E-state index < -0.39 is 11.6 Å². The second-order valence-corrected chi connectivity index (χ2v) is 4.46. The summed E-state index contributed by atoms with van der Waals surface area (Å²) < 4.78 is 26.5. The fraction of sp³-hybridized carbons (Fsp3) is 0.0714. The highest BCUT2D eigenvalue weighted by molar-refractivity contribution is 6.33. The van der Waals surface area contributed by atoms with E-state index in [0.29, 0.717) is 11.3 Å². The Bertz CT molecular complexity index is 643. The number of carbonyl (C=O) groups is 1. The van der Waals surface area contributed by atoms with Crippen molar-refractivity contribution in [2.75, 3.05) is 5.73 Å². The minimum absolute atomic E-state index is 0.0120. The van der Waals surface area contributed by atoms with Crippen molar-refractivity contribution in [1.82, 2.24) is 0 Å². The van der Waals surface area contributed by atoms with Gasteiger partial charge in [0.1, 0.15) is 0 Å². The lowest BCUT2D eigenvalue weighted by molar-refractivity contribution is 0.0991. The Kier molecular flexibility index (Phi) is 3.81. The van der Waals surface area contributed by atoms with Crippen LogP contribution in [0, 0.1) is 11.6 Å². The van der Waals surface area contributed by atoms with E-state index in [4.69, 9.17) is 17.3 Å². The molecule has 0 amide bonds. The zero-order valence-corrected chi connectivity index (χ0v) is 10.5. The first kappa shape index (κ1) is 13.5. The molecule has 0 saturated carbocycles. The van der Waals surface area contributed by atoms with Crippen LogP contribution in [-0.2, 0) is 6.42 Å². The molecule has 0 saturated heterocycles. The summed E-state index contributed by atoms with van der Waals surface area (Å²) in [7, 11) is 0. The molecule has 0 atom stereocenters. The van der Waals surface area contributed by atoms with Crippen LogP contribution in [0.1, 0.15) is 15.9 Å². The van der Waals surface area contributed by atoms with Crippen LogP contribution >= 0.6 is 11.6 Å². The molecule has 2 aromatic carbocycles. The van der Waals surface area contributed by atoms with Crippen molar-refractivity contribution in [3.05, 3.63) is 64.2 Å². The number of rotatable bonds is 3. The average Bonchev–Trinajstić information content (AvgIpc) is 2.38. The standard InChI is InChI=1S/C14H10ClF2NO/c15-10-6-8(4-5-12(10)18)13(19)7-9-2-1-3-11(16)14(9)17/h1-6H,7,18H2. The summed E-state index contributed by atoms with van der Waals surface area (Å²) in [6, 6.07) is 8.14. The van der Waals surface area contributed by atoms with Crippen molar-refractivity contribution in [3.63, 3.8) is 0 Å². The molecule has 0 aliphatic carbocycles. The first-order chi connectivity index (χ1) is 8.99. The zero-order chi connectivity index (χ0) is 14.0. The number of hydrogen-bond acceptors (Lipinski definition) is 2. The molecule has 2 N–H and O–H groups in total. The summed E-state index contributed by atoms with van der Waals surface area (Å²) in [5, 5.41) is 0.255. The summed E-state index contributed by atoms with van der Waals surface area (Å²) in [6.45, 7) is 0. The molecule has 98 valence electrons. The van der Waals surface area contributed by atoms with Gasteiger partial charge in [0, 0.05) is 12.0 Å². The Morgan fingerprint density at radius 1 is 1.21 bits per heavy atom. The monoisotopic (exact) mass is 281 g/mol. The van der Waals surface area contributed by atoms with Crippen molar-refractivity contribution in [2.24, 2.45) is 0 Å². The molecular formula is C14H10ClF2NO. The molecule has 0 spiro atoms. The Hall–Kier alpha value is -1.94. The fourth-order valence-electron chi connectivity index (χ4n) is 1.66. The number of ketones is 1. The number of halogens is 3. The molecule has 0 aromatic heterocycles. The smallest absolute Gasteiger partial charge is 0.167 e. The molecule has 2 aromatic rings. The molecule has 0 aliphatic rings. The van der Waals surface area contributed by atoms with Gasteiger partial charge in [0.25, 0.3) is 0 Å². The maximum absolute atomic E-state index is 13.4. The third kappa shape index (κ3) is 2.90. The lowest BCUT2D eigenvalue weighted by Crippen LogP contribution is -2.06. The lowest BCUT2D eigenvalue weighted by atomic mass is 10.0. The minimum atomic E-state index is -1.00. The number of nitrogens with two attached hydrogens (primary N) is 1. The predicted molar refractivity (Wildman–Crippen MR) is 70.3 cm³/mol. The van der Waals surface area contributed by atoms with Crippen LogP contribution in [0.25, 0.3) is 0 Å². The summed E-state index contributed by atoms with van der Waals surface area (Å²) in [5.41, 5.74) is 6.21. The molecule has 0 unspecified atom stereocenters. The van der Waals surface area contributed by atoms with E-state index in [-0.39, 0.29) is 22.8 Å².